The lowest BCUT2D eigenvalue weighted by Crippen LogP contribution is -2.20. The summed E-state index contributed by atoms with van der Waals surface area (Å²) < 4.78 is 48.4. The molecule has 1 amide bonds. The number of rotatable bonds is 6. The van der Waals surface area contributed by atoms with Crippen molar-refractivity contribution >= 4 is 11.9 Å². The summed E-state index contributed by atoms with van der Waals surface area (Å²) in [5, 5.41) is 2.48. The second-order valence-electron chi connectivity index (χ2n) is 7.34. The van der Waals surface area contributed by atoms with Gasteiger partial charge in [-0.2, -0.15) is 8.78 Å². The topological polar surface area (TPSA) is 77.0 Å². The van der Waals surface area contributed by atoms with Crippen molar-refractivity contribution in [3.05, 3.63) is 119 Å². The average molecular weight is 464 g/mol. The molecule has 1 atom stereocenters. The van der Waals surface area contributed by atoms with E-state index in [9.17, 15) is 9.18 Å². The highest BCUT2D eigenvalue weighted by molar-refractivity contribution is 5.83. The van der Waals surface area contributed by atoms with Gasteiger partial charge >= 0.3 is 6.09 Å². The highest BCUT2D eigenvalue weighted by Crippen LogP contribution is 2.43. The van der Waals surface area contributed by atoms with Crippen LogP contribution in [0.5, 0.6) is 0 Å². The van der Waals surface area contributed by atoms with Gasteiger partial charge < -0.3 is 4.74 Å². The summed E-state index contributed by atoms with van der Waals surface area (Å²) in [4.78, 5) is 23.7. The van der Waals surface area contributed by atoms with E-state index in [1.165, 1.54) is 55.9 Å². The van der Waals surface area contributed by atoms with E-state index in [4.69, 9.17) is 0 Å². The average Bonchev–Trinajstić information content (AvgIpc) is 2.84. The van der Waals surface area contributed by atoms with Crippen molar-refractivity contribution in [2.75, 3.05) is 12.4 Å². The molecule has 0 radical (unpaired) electrons. The standard InChI is InChI=1S/C25H19F3N4O2/c1-34-25(33)32-20-8-2-7-19(31-20)21(15-9-11-16(26)12-10-15)22(17-5-3-13-29-23(17)27)18-6-4-14-30-24(18)28/h2-14,21-22H,1H3,(H,31,32,33). The number of ether oxygens (including phenoxy) is 1. The second-order valence-corrected chi connectivity index (χ2v) is 7.34. The first-order valence-corrected chi connectivity index (χ1v) is 10.3. The molecule has 6 nitrogen and oxygen atoms in total. The van der Waals surface area contributed by atoms with E-state index in [0.29, 0.717) is 11.3 Å². The molecule has 1 aromatic carbocycles. The SMILES string of the molecule is COC(=O)Nc1cccc(C(c2ccc(F)cc2)C(c2cccnc2F)c2cccnc2F)n1. The number of aromatic nitrogens is 3. The first-order valence-electron chi connectivity index (χ1n) is 10.3. The number of carbonyl (C=O) groups excluding carboxylic acids is 1. The van der Waals surface area contributed by atoms with Crippen LogP contribution < -0.4 is 5.32 Å². The molecule has 9 heteroatoms. The molecule has 0 bridgehead atoms. The van der Waals surface area contributed by atoms with Crippen molar-refractivity contribution in [3.63, 3.8) is 0 Å². The number of carbonyl (C=O) groups is 1. The van der Waals surface area contributed by atoms with Crippen molar-refractivity contribution in [2.24, 2.45) is 0 Å². The number of benzene rings is 1. The van der Waals surface area contributed by atoms with Crippen molar-refractivity contribution in [1.82, 2.24) is 15.0 Å². The van der Waals surface area contributed by atoms with E-state index in [-0.39, 0.29) is 16.9 Å². The Bertz CT molecular complexity index is 1260. The highest BCUT2D eigenvalue weighted by Gasteiger charge is 2.34. The number of hydrogen-bond donors (Lipinski definition) is 1. The zero-order valence-electron chi connectivity index (χ0n) is 18.0. The Morgan fingerprint density at radius 2 is 1.44 bits per heavy atom. The van der Waals surface area contributed by atoms with Gasteiger partial charge in [0.25, 0.3) is 0 Å². The van der Waals surface area contributed by atoms with Crippen LogP contribution >= 0.6 is 0 Å². The molecule has 3 heterocycles. The smallest absolute Gasteiger partial charge is 0.412 e. The summed E-state index contributed by atoms with van der Waals surface area (Å²) >= 11 is 0. The third kappa shape index (κ3) is 4.88. The van der Waals surface area contributed by atoms with Gasteiger partial charge in [0.1, 0.15) is 11.6 Å². The molecule has 1 unspecified atom stereocenters. The predicted molar refractivity (Wildman–Crippen MR) is 119 cm³/mol. The fourth-order valence-corrected chi connectivity index (χ4v) is 3.84. The lowest BCUT2D eigenvalue weighted by molar-refractivity contribution is 0.187. The summed E-state index contributed by atoms with van der Waals surface area (Å²) in [5.74, 6) is -3.62. The zero-order valence-corrected chi connectivity index (χ0v) is 18.0. The number of amides is 1. The van der Waals surface area contributed by atoms with Gasteiger partial charge in [0.2, 0.25) is 11.9 Å². The van der Waals surface area contributed by atoms with Crippen LogP contribution in [0, 0.1) is 17.7 Å². The van der Waals surface area contributed by atoms with Gasteiger partial charge in [0, 0.05) is 35.4 Å². The van der Waals surface area contributed by atoms with Crippen LogP contribution in [-0.2, 0) is 4.74 Å². The number of nitrogens with one attached hydrogen (secondary N) is 1. The molecule has 0 saturated heterocycles. The molecule has 34 heavy (non-hydrogen) atoms. The molecule has 0 spiro atoms. The van der Waals surface area contributed by atoms with Gasteiger partial charge in [-0.15, -0.1) is 0 Å². The molecule has 0 fully saturated rings. The predicted octanol–water partition coefficient (Wildman–Crippen LogP) is 5.43. The largest absolute Gasteiger partial charge is 0.453 e. The summed E-state index contributed by atoms with van der Waals surface area (Å²) in [6.07, 6.45) is 1.86. The van der Waals surface area contributed by atoms with Crippen molar-refractivity contribution in [2.45, 2.75) is 11.8 Å². The Labute approximate surface area is 193 Å². The number of pyridine rings is 3. The zero-order chi connectivity index (χ0) is 24.1. The third-order valence-electron chi connectivity index (χ3n) is 5.31. The number of hydrogen-bond acceptors (Lipinski definition) is 5. The van der Waals surface area contributed by atoms with E-state index in [1.54, 1.807) is 30.3 Å². The molecular weight excluding hydrogens is 445 g/mol. The van der Waals surface area contributed by atoms with E-state index in [2.05, 4.69) is 25.0 Å². The number of halogens is 3. The van der Waals surface area contributed by atoms with Gasteiger partial charge in [0.05, 0.1) is 12.8 Å². The van der Waals surface area contributed by atoms with E-state index in [1.807, 2.05) is 0 Å². The van der Waals surface area contributed by atoms with Gasteiger partial charge in [-0.05, 0) is 42.0 Å². The molecule has 3 aromatic heterocycles. The maximum atomic E-state index is 15.0. The van der Waals surface area contributed by atoms with Gasteiger partial charge in [-0.25, -0.2) is 24.1 Å². The minimum Gasteiger partial charge on any atom is -0.453 e. The summed E-state index contributed by atoms with van der Waals surface area (Å²) in [6.45, 7) is 0. The van der Waals surface area contributed by atoms with Crippen molar-refractivity contribution < 1.29 is 22.7 Å². The van der Waals surface area contributed by atoms with Crippen LogP contribution in [0.2, 0.25) is 0 Å². The third-order valence-corrected chi connectivity index (χ3v) is 5.31. The quantitative estimate of drug-likeness (QED) is 0.385. The van der Waals surface area contributed by atoms with Crippen LogP contribution in [0.3, 0.4) is 0 Å². The molecule has 4 aromatic rings. The lowest BCUT2D eigenvalue weighted by atomic mass is 9.76. The van der Waals surface area contributed by atoms with E-state index >= 15 is 8.78 Å². The Kier molecular flexibility index (Phi) is 6.82. The molecule has 1 N–H and O–H groups in total. The van der Waals surface area contributed by atoms with E-state index in [0.717, 1.165) is 0 Å². The number of anilines is 1. The maximum Gasteiger partial charge on any atom is 0.412 e. The van der Waals surface area contributed by atoms with Gasteiger partial charge in [-0.3, -0.25) is 5.32 Å². The molecule has 0 saturated carbocycles. The van der Waals surface area contributed by atoms with Gasteiger partial charge in [0.15, 0.2) is 0 Å². The molecular formula is C25H19F3N4O2. The minimum atomic E-state index is -0.964. The molecule has 0 aliphatic heterocycles. The van der Waals surface area contributed by atoms with Crippen molar-refractivity contribution in [3.8, 4) is 0 Å². The summed E-state index contributed by atoms with van der Waals surface area (Å²) in [7, 11) is 1.22. The Balaban J connectivity index is 1.96. The van der Waals surface area contributed by atoms with Crippen LogP contribution in [0.25, 0.3) is 0 Å². The van der Waals surface area contributed by atoms with Crippen LogP contribution in [0.15, 0.2) is 79.1 Å². The fraction of sp³-hybridized carbons (Fsp3) is 0.120. The van der Waals surface area contributed by atoms with Crippen LogP contribution in [0.1, 0.15) is 34.2 Å². The summed E-state index contributed by atoms with van der Waals surface area (Å²) in [6, 6.07) is 16.5. The maximum absolute atomic E-state index is 15.0. The Hall–Kier alpha value is -4.27. The molecule has 0 aliphatic carbocycles. The first kappa shape index (κ1) is 22.9. The monoisotopic (exact) mass is 464 g/mol. The van der Waals surface area contributed by atoms with Gasteiger partial charge in [-0.1, -0.05) is 30.3 Å². The number of methoxy groups -OCH3 is 1. The van der Waals surface area contributed by atoms with E-state index < -0.39 is 35.6 Å². The van der Waals surface area contributed by atoms with Crippen molar-refractivity contribution in [1.29, 1.82) is 0 Å². The Morgan fingerprint density at radius 3 is 2.00 bits per heavy atom. The normalized spacial score (nSPS) is 11.8. The van der Waals surface area contributed by atoms with Crippen LogP contribution in [0.4, 0.5) is 23.8 Å². The first-order chi connectivity index (χ1) is 16.5. The van der Waals surface area contributed by atoms with Crippen LogP contribution in [-0.4, -0.2) is 28.2 Å². The molecule has 172 valence electrons. The fourth-order valence-electron chi connectivity index (χ4n) is 3.84. The summed E-state index contributed by atoms with van der Waals surface area (Å²) in [5.41, 5.74) is 1.13. The Morgan fingerprint density at radius 1 is 0.824 bits per heavy atom. The minimum absolute atomic E-state index is 0.108. The second kappa shape index (κ2) is 10.1. The number of nitrogens with zero attached hydrogens (tertiary/aromatic N) is 3. The molecule has 0 aliphatic rings. The molecule has 4 rings (SSSR count). The highest BCUT2D eigenvalue weighted by atomic mass is 19.1. The lowest BCUT2D eigenvalue weighted by Gasteiger charge is -2.28.